The lowest BCUT2D eigenvalue weighted by Gasteiger charge is -2.19. The van der Waals surface area contributed by atoms with Crippen LogP contribution in [0.15, 0.2) is 24.3 Å². The van der Waals surface area contributed by atoms with E-state index in [0.29, 0.717) is 5.56 Å². The molecule has 6 heteroatoms. The Balaban J connectivity index is 2.66. The molecule has 0 heterocycles. The molecule has 4 nitrogen and oxygen atoms in total. The van der Waals surface area contributed by atoms with Crippen LogP contribution in [0.5, 0.6) is 5.75 Å². The fraction of sp³-hybridized carbons (Fsp3) is 0.533. The molecule has 0 saturated heterocycles. The fourth-order valence-corrected chi connectivity index (χ4v) is 2.13. The van der Waals surface area contributed by atoms with E-state index in [2.05, 4.69) is 10.1 Å². The van der Waals surface area contributed by atoms with Gasteiger partial charge in [-0.3, -0.25) is 4.79 Å². The maximum Gasteiger partial charge on any atom is 0.387 e. The average molecular weight is 300 g/mol. The first-order valence-corrected chi connectivity index (χ1v) is 7.02. The molecule has 0 aromatic heterocycles. The van der Waals surface area contributed by atoms with Crippen LogP contribution in [0.1, 0.15) is 44.7 Å². The van der Waals surface area contributed by atoms with Crippen molar-refractivity contribution in [3.63, 3.8) is 0 Å². The summed E-state index contributed by atoms with van der Waals surface area (Å²) in [6, 6.07) is 5.80. The van der Waals surface area contributed by atoms with Crippen molar-refractivity contribution in [2.24, 2.45) is 5.73 Å². The number of hydrogen-bond acceptors (Lipinski definition) is 3. The maximum absolute atomic E-state index is 12.4. The van der Waals surface area contributed by atoms with Crippen molar-refractivity contribution < 1.29 is 18.3 Å². The Labute approximate surface area is 123 Å². The molecule has 118 valence electrons. The van der Waals surface area contributed by atoms with Crippen LogP contribution in [0.4, 0.5) is 8.78 Å². The molecule has 2 unspecified atom stereocenters. The molecular formula is C15H22F2N2O2. The second-order valence-corrected chi connectivity index (χ2v) is 4.96. The minimum atomic E-state index is -2.90. The van der Waals surface area contributed by atoms with Crippen LogP contribution < -0.4 is 15.8 Å². The van der Waals surface area contributed by atoms with Crippen molar-refractivity contribution >= 4 is 5.91 Å². The number of amides is 1. The lowest BCUT2D eigenvalue weighted by atomic mass is 10.1. The summed E-state index contributed by atoms with van der Waals surface area (Å²) in [5.41, 5.74) is 6.32. The maximum atomic E-state index is 12.4. The molecule has 0 aliphatic carbocycles. The summed E-state index contributed by atoms with van der Waals surface area (Å²) in [6.07, 6.45) is 1.90. The highest BCUT2D eigenvalue weighted by Gasteiger charge is 2.17. The second kappa shape index (κ2) is 8.56. The van der Waals surface area contributed by atoms with Crippen molar-refractivity contribution in [1.82, 2.24) is 5.32 Å². The van der Waals surface area contributed by atoms with Gasteiger partial charge in [0.15, 0.2) is 0 Å². The van der Waals surface area contributed by atoms with E-state index in [1.54, 1.807) is 25.1 Å². The zero-order chi connectivity index (χ0) is 15.8. The van der Waals surface area contributed by atoms with E-state index in [-0.39, 0.29) is 24.1 Å². The van der Waals surface area contributed by atoms with Gasteiger partial charge in [-0.15, -0.1) is 0 Å². The number of nitrogens with one attached hydrogen (secondary N) is 1. The molecule has 0 bridgehead atoms. The molecule has 0 aliphatic heterocycles. The number of rotatable bonds is 8. The number of ether oxygens (including phenoxy) is 1. The molecule has 3 N–H and O–H groups in total. The van der Waals surface area contributed by atoms with Gasteiger partial charge in [-0.2, -0.15) is 8.78 Å². The van der Waals surface area contributed by atoms with Gasteiger partial charge in [-0.05, 0) is 19.4 Å². The Morgan fingerprint density at radius 1 is 1.38 bits per heavy atom. The number of benzene rings is 1. The Kier molecular flexibility index (Phi) is 7.08. The fourth-order valence-electron chi connectivity index (χ4n) is 2.13. The first-order valence-electron chi connectivity index (χ1n) is 7.02. The lowest BCUT2D eigenvalue weighted by molar-refractivity contribution is -0.122. The number of nitrogens with two attached hydrogens (primary N) is 1. The van der Waals surface area contributed by atoms with Gasteiger partial charge in [0.05, 0.1) is 6.04 Å². The number of para-hydroxylation sites is 1. The molecule has 1 rings (SSSR count). The van der Waals surface area contributed by atoms with Crippen LogP contribution in [0.25, 0.3) is 0 Å². The van der Waals surface area contributed by atoms with Crippen molar-refractivity contribution in [2.75, 3.05) is 0 Å². The number of halogens is 2. The third-order valence-electron chi connectivity index (χ3n) is 3.09. The van der Waals surface area contributed by atoms with Crippen LogP contribution in [0, 0.1) is 0 Å². The summed E-state index contributed by atoms with van der Waals surface area (Å²) in [7, 11) is 0. The van der Waals surface area contributed by atoms with Gasteiger partial charge in [0.25, 0.3) is 0 Å². The van der Waals surface area contributed by atoms with Crippen LogP contribution in [-0.4, -0.2) is 18.6 Å². The quantitative estimate of drug-likeness (QED) is 0.775. The van der Waals surface area contributed by atoms with E-state index < -0.39 is 12.7 Å². The number of carbonyl (C=O) groups excluding carboxylic acids is 1. The van der Waals surface area contributed by atoms with Crippen LogP contribution in [-0.2, 0) is 4.79 Å². The highest BCUT2D eigenvalue weighted by atomic mass is 19.3. The van der Waals surface area contributed by atoms with Gasteiger partial charge in [0.2, 0.25) is 5.91 Å². The number of alkyl halides is 2. The normalized spacial score (nSPS) is 13.8. The number of hydrogen-bond donors (Lipinski definition) is 2. The molecule has 1 aromatic rings. The average Bonchev–Trinajstić information content (AvgIpc) is 2.38. The summed E-state index contributed by atoms with van der Waals surface area (Å²) in [5.74, 6) is -0.131. The zero-order valence-corrected chi connectivity index (χ0v) is 12.3. The minimum Gasteiger partial charge on any atom is -0.434 e. The van der Waals surface area contributed by atoms with Crippen molar-refractivity contribution in [1.29, 1.82) is 0 Å². The highest BCUT2D eigenvalue weighted by Crippen LogP contribution is 2.26. The van der Waals surface area contributed by atoms with Crippen LogP contribution in [0.3, 0.4) is 0 Å². The molecule has 21 heavy (non-hydrogen) atoms. The minimum absolute atomic E-state index is 0.0677. The van der Waals surface area contributed by atoms with Crippen LogP contribution in [0.2, 0.25) is 0 Å². The number of carbonyl (C=O) groups is 1. The Hall–Kier alpha value is -1.69. The zero-order valence-electron chi connectivity index (χ0n) is 12.3. The molecule has 1 amide bonds. The molecule has 0 aliphatic rings. The standard InChI is InChI=1S/C15H22F2N2O2/c1-3-6-11(18)9-14(20)19-10(2)12-7-4-5-8-13(12)21-15(16)17/h4-5,7-8,10-11,15H,3,6,9,18H2,1-2H3,(H,19,20). The first-order chi connectivity index (χ1) is 9.93. The molecule has 2 atom stereocenters. The van der Waals surface area contributed by atoms with E-state index in [9.17, 15) is 13.6 Å². The van der Waals surface area contributed by atoms with Gasteiger partial charge in [-0.25, -0.2) is 0 Å². The van der Waals surface area contributed by atoms with Gasteiger partial charge in [-0.1, -0.05) is 31.5 Å². The summed E-state index contributed by atoms with van der Waals surface area (Å²) >= 11 is 0. The smallest absolute Gasteiger partial charge is 0.387 e. The molecule has 0 radical (unpaired) electrons. The van der Waals surface area contributed by atoms with E-state index >= 15 is 0 Å². The second-order valence-electron chi connectivity index (χ2n) is 4.96. The third kappa shape index (κ3) is 6.08. The summed E-state index contributed by atoms with van der Waals surface area (Å²) in [4.78, 5) is 11.9. The van der Waals surface area contributed by atoms with Gasteiger partial charge < -0.3 is 15.8 Å². The molecule has 0 saturated carbocycles. The van der Waals surface area contributed by atoms with Gasteiger partial charge in [0, 0.05) is 18.0 Å². The largest absolute Gasteiger partial charge is 0.434 e. The van der Waals surface area contributed by atoms with Crippen molar-refractivity contribution in [3.05, 3.63) is 29.8 Å². The van der Waals surface area contributed by atoms with Crippen LogP contribution >= 0.6 is 0 Å². The van der Waals surface area contributed by atoms with Gasteiger partial charge in [0.1, 0.15) is 5.75 Å². The Morgan fingerprint density at radius 3 is 2.67 bits per heavy atom. The summed E-state index contributed by atoms with van der Waals surface area (Å²) in [6.45, 7) is 0.821. The predicted molar refractivity (Wildman–Crippen MR) is 77.1 cm³/mol. The van der Waals surface area contributed by atoms with E-state index in [1.807, 2.05) is 6.92 Å². The molecule has 0 fully saturated rings. The Bertz CT molecular complexity index is 455. The monoisotopic (exact) mass is 300 g/mol. The summed E-state index contributed by atoms with van der Waals surface area (Å²) in [5, 5.41) is 2.76. The lowest BCUT2D eigenvalue weighted by Crippen LogP contribution is -2.33. The topological polar surface area (TPSA) is 64.4 Å². The third-order valence-corrected chi connectivity index (χ3v) is 3.09. The van der Waals surface area contributed by atoms with E-state index in [4.69, 9.17) is 5.73 Å². The Morgan fingerprint density at radius 2 is 2.05 bits per heavy atom. The first kappa shape index (κ1) is 17.4. The molecule has 1 aromatic carbocycles. The highest BCUT2D eigenvalue weighted by molar-refractivity contribution is 5.77. The van der Waals surface area contributed by atoms with E-state index in [0.717, 1.165) is 12.8 Å². The van der Waals surface area contributed by atoms with Gasteiger partial charge >= 0.3 is 6.61 Å². The predicted octanol–water partition coefficient (Wildman–Crippen LogP) is 2.98. The molecule has 0 spiro atoms. The molecular weight excluding hydrogens is 278 g/mol. The van der Waals surface area contributed by atoms with Crippen molar-refractivity contribution in [3.8, 4) is 5.75 Å². The van der Waals surface area contributed by atoms with Crippen molar-refractivity contribution in [2.45, 2.75) is 51.8 Å². The SMILES string of the molecule is CCCC(N)CC(=O)NC(C)c1ccccc1OC(F)F. The summed E-state index contributed by atoms with van der Waals surface area (Å²) < 4.78 is 29.2. The van der Waals surface area contributed by atoms with E-state index in [1.165, 1.54) is 6.07 Å².